The number of benzene rings is 3. The van der Waals surface area contributed by atoms with E-state index in [1.165, 1.54) is 48.5 Å². The van der Waals surface area contributed by atoms with Crippen molar-refractivity contribution >= 4 is 43.2 Å². The van der Waals surface area contributed by atoms with Gasteiger partial charge in [0.25, 0.3) is 0 Å². The molecule has 0 heterocycles. The summed E-state index contributed by atoms with van der Waals surface area (Å²) in [5, 5.41) is 0.937. The molecule has 0 radical (unpaired) electrons. The zero-order valence-corrected chi connectivity index (χ0v) is 20.1. The van der Waals surface area contributed by atoms with E-state index in [-0.39, 0.29) is 22.9 Å². The Labute approximate surface area is 198 Å². The molecule has 3 aromatic rings. The highest BCUT2D eigenvalue weighted by molar-refractivity contribution is 7.89. The van der Waals surface area contributed by atoms with Crippen LogP contribution in [-0.2, 0) is 32.9 Å². The van der Waals surface area contributed by atoms with Crippen LogP contribution in [0.15, 0.2) is 82.6 Å². The second kappa shape index (κ2) is 10.8. The van der Waals surface area contributed by atoms with Gasteiger partial charge in [0.15, 0.2) is 0 Å². The molecule has 10 heteroatoms. The topological polar surface area (TPSA) is 92.3 Å². The van der Waals surface area contributed by atoms with Crippen molar-refractivity contribution in [1.29, 1.82) is 0 Å². The van der Waals surface area contributed by atoms with Crippen LogP contribution < -0.4 is 9.44 Å². The summed E-state index contributed by atoms with van der Waals surface area (Å²) in [4.78, 5) is 0.312. The Hall–Kier alpha value is -1.94. The summed E-state index contributed by atoms with van der Waals surface area (Å²) >= 11 is 11.6. The summed E-state index contributed by atoms with van der Waals surface area (Å²) < 4.78 is 54.5. The minimum absolute atomic E-state index is 0.156. The van der Waals surface area contributed by atoms with Crippen molar-refractivity contribution in [2.75, 3.05) is 13.1 Å². The van der Waals surface area contributed by atoms with Gasteiger partial charge in [0, 0.05) is 23.1 Å². The molecule has 0 bridgehead atoms. The van der Waals surface area contributed by atoms with Crippen LogP contribution in [0.3, 0.4) is 0 Å². The second-order valence-corrected chi connectivity index (χ2v) is 11.4. The predicted molar refractivity (Wildman–Crippen MR) is 127 cm³/mol. The van der Waals surface area contributed by atoms with Crippen molar-refractivity contribution in [3.8, 4) is 0 Å². The lowest BCUT2D eigenvalue weighted by Crippen LogP contribution is -2.26. The second-order valence-electron chi connectivity index (χ2n) is 7.02. The van der Waals surface area contributed by atoms with Gasteiger partial charge < -0.3 is 0 Å². The van der Waals surface area contributed by atoms with Crippen molar-refractivity contribution in [2.45, 2.75) is 22.6 Å². The van der Waals surface area contributed by atoms with Crippen LogP contribution in [0.5, 0.6) is 0 Å². The van der Waals surface area contributed by atoms with Gasteiger partial charge >= 0.3 is 0 Å². The molecule has 0 aromatic heterocycles. The average Bonchev–Trinajstić information content (AvgIpc) is 2.74. The first-order chi connectivity index (χ1) is 15.2. The summed E-state index contributed by atoms with van der Waals surface area (Å²) in [5.74, 6) is 0. The van der Waals surface area contributed by atoms with E-state index in [2.05, 4.69) is 9.44 Å². The molecule has 0 aliphatic rings. The molecule has 3 aromatic carbocycles. The number of rotatable bonds is 10. The molecule has 0 aliphatic carbocycles. The van der Waals surface area contributed by atoms with Crippen LogP contribution in [-0.4, -0.2) is 29.9 Å². The highest BCUT2D eigenvalue weighted by Crippen LogP contribution is 2.15. The van der Waals surface area contributed by atoms with E-state index < -0.39 is 20.0 Å². The SMILES string of the molecule is O=S(=O)(NCCc1cccc(CCNS(=O)(=O)c2ccc(Cl)cc2)c1)c1ccc(Cl)cc1. The number of hydrogen-bond acceptors (Lipinski definition) is 4. The van der Waals surface area contributed by atoms with Crippen molar-refractivity contribution in [1.82, 2.24) is 9.44 Å². The van der Waals surface area contributed by atoms with Crippen LogP contribution in [0.25, 0.3) is 0 Å². The Morgan fingerprint density at radius 1 is 0.594 bits per heavy atom. The lowest BCUT2D eigenvalue weighted by Gasteiger charge is -2.09. The molecule has 6 nitrogen and oxygen atoms in total. The van der Waals surface area contributed by atoms with Crippen LogP contribution in [0, 0.1) is 0 Å². The minimum atomic E-state index is -3.61. The fraction of sp³-hybridized carbons (Fsp3) is 0.182. The van der Waals surface area contributed by atoms with Crippen LogP contribution in [0.4, 0.5) is 0 Å². The van der Waals surface area contributed by atoms with Gasteiger partial charge in [-0.3, -0.25) is 0 Å². The van der Waals surface area contributed by atoms with Crippen LogP contribution in [0.1, 0.15) is 11.1 Å². The fourth-order valence-electron chi connectivity index (χ4n) is 2.99. The Kier molecular flexibility index (Phi) is 8.32. The maximum absolute atomic E-state index is 12.3. The van der Waals surface area contributed by atoms with Gasteiger partial charge in [0.05, 0.1) is 9.79 Å². The molecule has 0 aliphatic heterocycles. The lowest BCUT2D eigenvalue weighted by molar-refractivity contribution is 0.580. The van der Waals surface area contributed by atoms with E-state index in [1.54, 1.807) is 0 Å². The van der Waals surface area contributed by atoms with Gasteiger partial charge in [-0.2, -0.15) is 0 Å². The molecule has 0 amide bonds. The molecule has 0 saturated heterocycles. The van der Waals surface area contributed by atoms with Crippen molar-refractivity contribution in [3.63, 3.8) is 0 Å². The van der Waals surface area contributed by atoms with Gasteiger partial charge in [0.2, 0.25) is 20.0 Å². The number of halogens is 2. The molecular weight excluding hydrogens is 491 g/mol. The first-order valence-corrected chi connectivity index (χ1v) is 13.5. The number of hydrogen-bond donors (Lipinski definition) is 2. The maximum Gasteiger partial charge on any atom is 0.240 e. The summed E-state index contributed by atoms with van der Waals surface area (Å²) in [5.41, 5.74) is 1.89. The van der Waals surface area contributed by atoms with Crippen molar-refractivity contribution < 1.29 is 16.8 Å². The smallest absolute Gasteiger partial charge is 0.211 e. The predicted octanol–water partition coefficient (Wildman–Crippen LogP) is 4.04. The standard InChI is InChI=1S/C22H22Cl2N2O4S2/c23-19-4-8-21(9-5-19)31(27,28)25-14-12-17-2-1-3-18(16-17)13-15-26-32(29,30)22-10-6-20(24)7-11-22/h1-11,16,25-26H,12-15H2. The highest BCUT2D eigenvalue weighted by atomic mass is 35.5. The monoisotopic (exact) mass is 512 g/mol. The largest absolute Gasteiger partial charge is 0.240 e. The lowest BCUT2D eigenvalue weighted by atomic mass is 10.1. The van der Waals surface area contributed by atoms with Gasteiger partial charge in [-0.15, -0.1) is 0 Å². The highest BCUT2D eigenvalue weighted by Gasteiger charge is 2.14. The van der Waals surface area contributed by atoms with Crippen LogP contribution in [0.2, 0.25) is 10.0 Å². The van der Waals surface area contributed by atoms with E-state index >= 15 is 0 Å². The minimum Gasteiger partial charge on any atom is -0.211 e. The van der Waals surface area contributed by atoms with Gasteiger partial charge in [-0.1, -0.05) is 47.5 Å². The number of nitrogens with one attached hydrogen (secondary N) is 2. The molecule has 32 heavy (non-hydrogen) atoms. The third kappa shape index (κ3) is 7.03. The van der Waals surface area contributed by atoms with Crippen molar-refractivity contribution in [2.24, 2.45) is 0 Å². The first-order valence-electron chi connectivity index (χ1n) is 9.74. The van der Waals surface area contributed by atoms with E-state index in [1.807, 2.05) is 24.3 Å². The van der Waals surface area contributed by atoms with Gasteiger partial charge in [-0.25, -0.2) is 26.3 Å². The summed E-state index contributed by atoms with van der Waals surface area (Å²) in [6.45, 7) is 0.467. The molecule has 2 N–H and O–H groups in total. The number of sulfonamides is 2. The normalized spacial score (nSPS) is 12.1. The Bertz CT molecular complexity index is 1170. The van der Waals surface area contributed by atoms with Crippen LogP contribution >= 0.6 is 23.2 Å². The molecule has 3 rings (SSSR count). The molecule has 0 atom stereocenters. The maximum atomic E-state index is 12.3. The molecular formula is C22H22Cl2N2O4S2. The molecule has 0 fully saturated rings. The molecule has 0 unspecified atom stereocenters. The van der Waals surface area contributed by atoms with E-state index in [9.17, 15) is 16.8 Å². The zero-order valence-electron chi connectivity index (χ0n) is 17.0. The molecule has 0 saturated carbocycles. The molecule has 0 spiro atoms. The summed E-state index contributed by atoms with van der Waals surface area (Å²) in [7, 11) is -7.22. The van der Waals surface area contributed by atoms with Gasteiger partial charge in [0.1, 0.15) is 0 Å². The summed E-state index contributed by atoms with van der Waals surface area (Å²) in [6, 6.07) is 19.5. The van der Waals surface area contributed by atoms with E-state index in [0.29, 0.717) is 22.9 Å². The third-order valence-electron chi connectivity index (χ3n) is 4.65. The summed E-state index contributed by atoms with van der Waals surface area (Å²) in [6.07, 6.45) is 0.994. The Balaban J connectivity index is 1.52. The van der Waals surface area contributed by atoms with Gasteiger partial charge in [-0.05, 0) is 72.5 Å². The zero-order chi connectivity index (χ0) is 23.2. The fourth-order valence-corrected chi connectivity index (χ4v) is 5.31. The van der Waals surface area contributed by atoms with E-state index in [0.717, 1.165) is 11.1 Å². The molecule has 170 valence electrons. The Morgan fingerprint density at radius 2 is 0.969 bits per heavy atom. The Morgan fingerprint density at radius 3 is 1.34 bits per heavy atom. The van der Waals surface area contributed by atoms with Crippen molar-refractivity contribution in [3.05, 3.63) is 94.0 Å². The average molecular weight is 513 g/mol. The quantitative estimate of drug-likeness (QED) is 0.428. The van der Waals surface area contributed by atoms with E-state index in [4.69, 9.17) is 23.2 Å². The third-order valence-corrected chi connectivity index (χ3v) is 8.11. The first kappa shape index (κ1) is 24.7.